The van der Waals surface area contributed by atoms with E-state index in [4.69, 9.17) is 0 Å². The molecule has 2 aromatic heterocycles. The Balaban J connectivity index is 2.29. The van der Waals surface area contributed by atoms with Crippen molar-refractivity contribution in [3.8, 4) is 11.3 Å². The molecule has 0 saturated heterocycles. The molecule has 2 heterocycles. The molecule has 5 nitrogen and oxygen atoms in total. The number of hydrogen-bond donors (Lipinski definition) is 0. The smallest absolute Gasteiger partial charge is 0.249 e. The zero-order valence-electron chi connectivity index (χ0n) is 13.9. The molecule has 3 aromatic rings. The Morgan fingerprint density at radius 3 is 2.56 bits per heavy atom. The van der Waals surface area contributed by atoms with Gasteiger partial charge in [0.1, 0.15) is 11.1 Å². The van der Waals surface area contributed by atoms with E-state index in [2.05, 4.69) is 11.6 Å². The molecular weight excluding hydrogens is 482 g/mol. The molecule has 0 aliphatic heterocycles. The summed E-state index contributed by atoms with van der Waals surface area (Å²) < 4.78 is 42.5. The molecule has 1 unspecified atom stereocenters. The van der Waals surface area contributed by atoms with Gasteiger partial charge in [0, 0.05) is 29.7 Å². The topological polar surface area (TPSA) is 69.0 Å². The van der Waals surface area contributed by atoms with Gasteiger partial charge in [0.25, 0.3) is 0 Å². The van der Waals surface area contributed by atoms with Gasteiger partial charge in [0.15, 0.2) is 6.29 Å². The summed E-state index contributed by atoms with van der Waals surface area (Å²) in [6.45, 7) is 3.63. The minimum absolute atomic E-state index is 0.0903. The van der Waals surface area contributed by atoms with Gasteiger partial charge < -0.3 is 0 Å². The highest BCUT2D eigenvalue weighted by Crippen LogP contribution is 2.35. The highest BCUT2D eigenvalue weighted by molar-refractivity contribution is 14.1. The van der Waals surface area contributed by atoms with Crippen LogP contribution in [0, 0.1) is 9.39 Å². The normalized spacial score (nSPS) is 12.5. The SMILES string of the molecule is C=CC(c1cccnc1)S(=O)(=O)n1cc(C=O)c(I)c1-c1ccccc1F. The van der Waals surface area contributed by atoms with Crippen molar-refractivity contribution in [1.82, 2.24) is 8.96 Å². The Hall–Kier alpha value is -2.33. The van der Waals surface area contributed by atoms with E-state index in [1.54, 1.807) is 18.2 Å². The minimum atomic E-state index is -4.08. The number of aldehydes is 1. The van der Waals surface area contributed by atoms with Gasteiger partial charge in [-0.3, -0.25) is 9.78 Å². The van der Waals surface area contributed by atoms with Crippen LogP contribution in [0.25, 0.3) is 11.3 Å². The lowest BCUT2D eigenvalue weighted by atomic mass is 10.1. The van der Waals surface area contributed by atoms with Crippen molar-refractivity contribution in [3.63, 3.8) is 0 Å². The van der Waals surface area contributed by atoms with Crippen molar-refractivity contribution in [2.45, 2.75) is 5.25 Å². The highest BCUT2D eigenvalue weighted by atomic mass is 127. The van der Waals surface area contributed by atoms with Gasteiger partial charge in [-0.25, -0.2) is 16.8 Å². The number of aromatic nitrogens is 2. The predicted octanol–water partition coefficient (Wildman–Crippen LogP) is 4.21. The summed E-state index contributed by atoms with van der Waals surface area (Å²) in [6, 6.07) is 9.06. The Bertz CT molecular complexity index is 1110. The van der Waals surface area contributed by atoms with Gasteiger partial charge in [-0.05, 0) is 46.4 Å². The van der Waals surface area contributed by atoms with E-state index in [0.717, 1.165) is 3.97 Å². The molecule has 3 rings (SSSR count). The lowest BCUT2D eigenvalue weighted by molar-refractivity contribution is 0.112. The maximum atomic E-state index is 14.4. The third-order valence-electron chi connectivity index (χ3n) is 4.02. The third kappa shape index (κ3) is 3.46. The average Bonchev–Trinajstić information content (AvgIpc) is 3.00. The van der Waals surface area contributed by atoms with E-state index < -0.39 is 21.1 Å². The van der Waals surface area contributed by atoms with Crippen molar-refractivity contribution >= 4 is 38.9 Å². The Morgan fingerprint density at radius 1 is 1.22 bits per heavy atom. The van der Waals surface area contributed by atoms with Crippen molar-refractivity contribution < 1.29 is 17.6 Å². The number of halogens is 2. The van der Waals surface area contributed by atoms with Gasteiger partial charge in [-0.15, -0.1) is 6.58 Å². The molecule has 1 aromatic carbocycles. The third-order valence-corrected chi connectivity index (χ3v) is 7.09. The second-order valence-corrected chi connectivity index (χ2v) is 8.64. The van der Waals surface area contributed by atoms with Crippen LogP contribution in [-0.2, 0) is 10.0 Å². The average molecular weight is 496 g/mol. The number of rotatable bonds is 6. The highest BCUT2D eigenvalue weighted by Gasteiger charge is 2.31. The molecule has 0 spiro atoms. The van der Waals surface area contributed by atoms with Gasteiger partial charge >= 0.3 is 0 Å². The zero-order chi connectivity index (χ0) is 19.6. The maximum absolute atomic E-state index is 14.4. The van der Waals surface area contributed by atoms with Crippen LogP contribution in [0.2, 0.25) is 0 Å². The van der Waals surface area contributed by atoms with E-state index in [9.17, 15) is 17.6 Å². The second kappa shape index (κ2) is 7.73. The Morgan fingerprint density at radius 2 is 1.96 bits per heavy atom. The molecule has 0 N–H and O–H groups in total. The van der Waals surface area contributed by atoms with E-state index in [0.29, 0.717) is 15.4 Å². The molecular formula is C19H14FIN2O3S. The van der Waals surface area contributed by atoms with Crippen LogP contribution in [0.4, 0.5) is 4.39 Å². The standard InChI is InChI=1S/C19H14FIN2O3S/c1-2-17(13-6-5-9-22-10-13)27(25,26)23-11-14(12-24)18(21)19(23)15-7-3-4-8-16(15)20/h2-12,17H,1H2. The molecule has 0 aliphatic carbocycles. The van der Waals surface area contributed by atoms with Crippen molar-refractivity contribution in [2.24, 2.45) is 0 Å². The summed E-state index contributed by atoms with van der Waals surface area (Å²) in [4.78, 5) is 15.4. The molecule has 0 amide bonds. The van der Waals surface area contributed by atoms with Crippen molar-refractivity contribution in [1.29, 1.82) is 0 Å². The van der Waals surface area contributed by atoms with Crippen LogP contribution in [0.1, 0.15) is 21.2 Å². The first-order valence-electron chi connectivity index (χ1n) is 7.79. The van der Waals surface area contributed by atoms with Crippen molar-refractivity contribution in [2.75, 3.05) is 0 Å². The Labute approximate surface area is 169 Å². The largest absolute Gasteiger partial charge is 0.298 e. The first-order valence-corrected chi connectivity index (χ1v) is 10.4. The van der Waals surface area contributed by atoms with Crippen molar-refractivity contribution in [3.05, 3.63) is 88.2 Å². The Kier molecular flexibility index (Phi) is 5.56. The number of nitrogens with zero attached hydrogens (tertiary/aromatic N) is 2. The summed E-state index contributed by atoms with van der Waals surface area (Å²) in [5.74, 6) is -0.584. The summed E-state index contributed by atoms with van der Waals surface area (Å²) in [5.41, 5.74) is 0.772. The molecule has 0 aliphatic rings. The predicted molar refractivity (Wildman–Crippen MR) is 109 cm³/mol. The number of hydrogen-bond acceptors (Lipinski definition) is 4. The zero-order valence-corrected chi connectivity index (χ0v) is 16.9. The van der Waals surface area contributed by atoms with Crippen LogP contribution in [0.5, 0.6) is 0 Å². The van der Waals surface area contributed by atoms with E-state index in [-0.39, 0.29) is 16.8 Å². The number of pyridine rings is 1. The van der Waals surface area contributed by atoms with Gasteiger partial charge in [0.2, 0.25) is 10.0 Å². The lowest BCUT2D eigenvalue weighted by Crippen LogP contribution is -2.20. The van der Waals surface area contributed by atoms with Gasteiger partial charge in [0.05, 0.1) is 9.26 Å². The first-order chi connectivity index (χ1) is 12.9. The van der Waals surface area contributed by atoms with Crippen LogP contribution < -0.4 is 0 Å². The fourth-order valence-electron chi connectivity index (χ4n) is 2.75. The maximum Gasteiger partial charge on any atom is 0.249 e. The summed E-state index contributed by atoms with van der Waals surface area (Å²) in [6.07, 6.45) is 6.00. The summed E-state index contributed by atoms with van der Waals surface area (Å²) >= 11 is 1.85. The van der Waals surface area contributed by atoms with E-state index in [1.165, 1.54) is 42.9 Å². The minimum Gasteiger partial charge on any atom is -0.298 e. The van der Waals surface area contributed by atoms with Gasteiger partial charge in [-0.2, -0.15) is 0 Å². The monoisotopic (exact) mass is 496 g/mol. The van der Waals surface area contributed by atoms with Crippen LogP contribution in [-0.4, -0.2) is 23.7 Å². The summed E-state index contributed by atoms with van der Waals surface area (Å²) in [7, 11) is -4.08. The molecule has 138 valence electrons. The molecule has 27 heavy (non-hydrogen) atoms. The number of benzene rings is 1. The molecule has 0 bridgehead atoms. The van der Waals surface area contributed by atoms with E-state index in [1.807, 2.05) is 22.6 Å². The first kappa shape index (κ1) is 19.4. The second-order valence-electron chi connectivity index (χ2n) is 5.63. The van der Waals surface area contributed by atoms with E-state index >= 15 is 0 Å². The lowest BCUT2D eigenvalue weighted by Gasteiger charge is -2.18. The molecule has 8 heteroatoms. The van der Waals surface area contributed by atoms with Crippen LogP contribution in [0.3, 0.4) is 0 Å². The molecule has 0 fully saturated rings. The van der Waals surface area contributed by atoms with Crippen LogP contribution >= 0.6 is 22.6 Å². The molecule has 1 atom stereocenters. The molecule has 0 radical (unpaired) electrons. The quantitative estimate of drug-likeness (QED) is 0.291. The number of carbonyl (C=O) groups excluding carboxylic acids is 1. The molecule has 0 saturated carbocycles. The summed E-state index contributed by atoms with van der Waals surface area (Å²) in [5, 5.41) is -1.11. The number of carbonyl (C=O) groups is 1. The van der Waals surface area contributed by atoms with Gasteiger partial charge in [-0.1, -0.05) is 24.3 Å². The van der Waals surface area contributed by atoms with Crippen LogP contribution in [0.15, 0.2) is 67.6 Å². The fraction of sp³-hybridized carbons (Fsp3) is 0.0526. The fourth-order valence-corrected chi connectivity index (χ4v) is 5.41.